The molecular formula is C18H23N3O2. The van der Waals surface area contributed by atoms with Crippen molar-refractivity contribution in [1.82, 2.24) is 15.4 Å². The number of hydrogen-bond donors (Lipinski definition) is 1. The van der Waals surface area contributed by atoms with E-state index in [-0.39, 0.29) is 12.1 Å². The summed E-state index contributed by atoms with van der Waals surface area (Å²) in [6.07, 6.45) is 1.01. The molecule has 0 radical (unpaired) electrons. The van der Waals surface area contributed by atoms with Crippen LogP contribution in [-0.4, -0.2) is 23.1 Å². The van der Waals surface area contributed by atoms with Crippen molar-refractivity contribution in [3.05, 3.63) is 52.4 Å². The molecule has 1 aliphatic carbocycles. The highest BCUT2D eigenvalue weighted by atomic mass is 16.5. The summed E-state index contributed by atoms with van der Waals surface area (Å²) < 4.78 is 5.05. The Hall–Kier alpha value is -2.30. The van der Waals surface area contributed by atoms with Gasteiger partial charge in [0.25, 0.3) is 0 Å². The van der Waals surface area contributed by atoms with Crippen LogP contribution in [0.4, 0.5) is 4.79 Å². The number of fused-ring (bicyclic) bond motifs is 1. The Kier molecular flexibility index (Phi) is 4.11. The number of amides is 2. The van der Waals surface area contributed by atoms with Crippen LogP contribution in [0.3, 0.4) is 0 Å². The van der Waals surface area contributed by atoms with Crippen molar-refractivity contribution in [2.75, 3.05) is 7.05 Å². The van der Waals surface area contributed by atoms with E-state index in [0.717, 1.165) is 17.9 Å². The molecule has 122 valence electrons. The van der Waals surface area contributed by atoms with Gasteiger partial charge in [-0.1, -0.05) is 35.8 Å². The Morgan fingerprint density at radius 1 is 1.39 bits per heavy atom. The molecule has 2 aromatic rings. The Bertz CT molecular complexity index is 723. The summed E-state index contributed by atoms with van der Waals surface area (Å²) in [6.45, 7) is 6.55. The van der Waals surface area contributed by atoms with Gasteiger partial charge in [0.1, 0.15) is 11.5 Å². The lowest BCUT2D eigenvalue weighted by molar-refractivity contribution is 0.198. The molecule has 2 atom stereocenters. The van der Waals surface area contributed by atoms with Crippen LogP contribution in [0.5, 0.6) is 0 Å². The molecule has 5 nitrogen and oxygen atoms in total. The molecule has 23 heavy (non-hydrogen) atoms. The first-order valence-corrected chi connectivity index (χ1v) is 7.97. The number of urea groups is 1. The smallest absolute Gasteiger partial charge is 0.317 e. The standard InChI is InChI=1S/C18H23N3O2/c1-11-5-6-14-8-12(2)17(16(14)7-11)19-18(22)21(4)10-15-9-13(3)23-20-15/h5-7,9,12,17H,8,10H2,1-4H3,(H,19,22)/t12-,17-/m0/s1. The summed E-state index contributed by atoms with van der Waals surface area (Å²) in [4.78, 5) is 14.1. The quantitative estimate of drug-likeness (QED) is 0.945. The number of hydrogen-bond acceptors (Lipinski definition) is 3. The van der Waals surface area contributed by atoms with Gasteiger partial charge in [-0.25, -0.2) is 4.79 Å². The zero-order valence-corrected chi connectivity index (χ0v) is 14.1. The maximum absolute atomic E-state index is 12.5. The zero-order chi connectivity index (χ0) is 16.6. The van der Waals surface area contributed by atoms with Crippen molar-refractivity contribution in [1.29, 1.82) is 0 Å². The van der Waals surface area contributed by atoms with Crippen LogP contribution < -0.4 is 5.32 Å². The summed E-state index contributed by atoms with van der Waals surface area (Å²) in [6, 6.07) is 8.32. The molecule has 1 aliphatic rings. The van der Waals surface area contributed by atoms with Crippen LogP contribution in [0.25, 0.3) is 0 Å². The van der Waals surface area contributed by atoms with Gasteiger partial charge in [0.2, 0.25) is 0 Å². The van der Waals surface area contributed by atoms with Crippen molar-refractivity contribution >= 4 is 6.03 Å². The van der Waals surface area contributed by atoms with Gasteiger partial charge in [0.15, 0.2) is 0 Å². The molecule has 1 aromatic heterocycles. The summed E-state index contributed by atoms with van der Waals surface area (Å²) in [7, 11) is 1.77. The van der Waals surface area contributed by atoms with E-state index in [9.17, 15) is 4.79 Å². The van der Waals surface area contributed by atoms with Crippen LogP contribution >= 0.6 is 0 Å². The average molecular weight is 313 g/mol. The van der Waals surface area contributed by atoms with Crippen LogP contribution in [0.15, 0.2) is 28.8 Å². The zero-order valence-electron chi connectivity index (χ0n) is 14.1. The minimum atomic E-state index is -0.0862. The minimum Gasteiger partial charge on any atom is -0.361 e. The summed E-state index contributed by atoms with van der Waals surface area (Å²) >= 11 is 0. The van der Waals surface area contributed by atoms with Crippen molar-refractivity contribution in [3.8, 4) is 0 Å². The first-order chi connectivity index (χ1) is 10.9. The number of rotatable bonds is 3. The maximum Gasteiger partial charge on any atom is 0.317 e. The second-order valence-corrected chi connectivity index (χ2v) is 6.60. The van der Waals surface area contributed by atoms with E-state index in [2.05, 4.69) is 42.5 Å². The number of benzene rings is 1. The second-order valence-electron chi connectivity index (χ2n) is 6.60. The second kappa shape index (κ2) is 6.07. The van der Waals surface area contributed by atoms with E-state index in [1.807, 2.05) is 13.0 Å². The number of aryl methyl sites for hydroxylation is 2. The largest absolute Gasteiger partial charge is 0.361 e. The van der Waals surface area contributed by atoms with Crippen molar-refractivity contribution < 1.29 is 9.32 Å². The lowest BCUT2D eigenvalue weighted by atomic mass is 10.0. The molecule has 2 amide bonds. The van der Waals surface area contributed by atoms with E-state index in [1.54, 1.807) is 11.9 Å². The van der Waals surface area contributed by atoms with E-state index < -0.39 is 0 Å². The number of carbonyl (C=O) groups excluding carboxylic acids is 1. The topological polar surface area (TPSA) is 58.4 Å². The highest BCUT2D eigenvalue weighted by Crippen LogP contribution is 2.36. The van der Waals surface area contributed by atoms with E-state index in [0.29, 0.717) is 12.5 Å². The molecule has 5 heteroatoms. The number of nitrogens with zero attached hydrogens (tertiary/aromatic N) is 2. The summed E-state index contributed by atoms with van der Waals surface area (Å²) in [5.41, 5.74) is 4.57. The summed E-state index contributed by atoms with van der Waals surface area (Å²) in [5, 5.41) is 7.10. The van der Waals surface area contributed by atoms with Crippen molar-refractivity contribution in [2.45, 2.75) is 39.8 Å². The fourth-order valence-corrected chi connectivity index (χ4v) is 3.23. The van der Waals surface area contributed by atoms with Gasteiger partial charge < -0.3 is 14.7 Å². The fourth-order valence-electron chi connectivity index (χ4n) is 3.23. The van der Waals surface area contributed by atoms with Crippen molar-refractivity contribution in [3.63, 3.8) is 0 Å². The van der Waals surface area contributed by atoms with Crippen LogP contribution in [0, 0.1) is 19.8 Å². The minimum absolute atomic E-state index is 0.0684. The Morgan fingerprint density at radius 3 is 2.87 bits per heavy atom. The van der Waals surface area contributed by atoms with E-state index >= 15 is 0 Å². The average Bonchev–Trinajstić information content (AvgIpc) is 3.03. The third-order valence-electron chi connectivity index (χ3n) is 4.45. The lowest BCUT2D eigenvalue weighted by Gasteiger charge is -2.23. The van der Waals surface area contributed by atoms with Gasteiger partial charge in [-0.05, 0) is 37.3 Å². The predicted octanol–water partition coefficient (Wildman–Crippen LogP) is 3.37. The van der Waals surface area contributed by atoms with Gasteiger partial charge in [0, 0.05) is 13.1 Å². The maximum atomic E-state index is 12.5. The molecular weight excluding hydrogens is 290 g/mol. The molecule has 3 rings (SSSR count). The molecule has 1 aromatic carbocycles. The molecule has 0 saturated carbocycles. The predicted molar refractivity (Wildman–Crippen MR) is 88.0 cm³/mol. The fraction of sp³-hybridized carbons (Fsp3) is 0.444. The van der Waals surface area contributed by atoms with Gasteiger partial charge in [-0.2, -0.15) is 0 Å². The highest BCUT2D eigenvalue weighted by molar-refractivity contribution is 5.74. The normalized spacial score (nSPS) is 19.5. The number of nitrogens with one attached hydrogen (secondary N) is 1. The Morgan fingerprint density at radius 2 is 2.17 bits per heavy atom. The third kappa shape index (κ3) is 3.23. The van der Waals surface area contributed by atoms with Crippen LogP contribution in [0.2, 0.25) is 0 Å². The first kappa shape index (κ1) is 15.6. The van der Waals surface area contributed by atoms with Crippen molar-refractivity contribution in [2.24, 2.45) is 5.92 Å². The Balaban J connectivity index is 1.69. The van der Waals surface area contributed by atoms with E-state index in [4.69, 9.17) is 4.52 Å². The van der Waals surface area contributed by atoms with Gasteiger partial charge >= 0.3 is 6.03 Å². The monoisotopic (exact) mass is 313 g/mol. The van der Waals surface area contributed by atoms with Crippen LogP contribution in [-0.2, 0) is 13.0 Å². The molecule has 0 unspecified atom stereocenters. The summed E-state index contributed by atoms with van der Waals surface area (Å²) in [5.74, 6) is 1.15. The van der Waals surface area contributed by atoms with Crippen LogP contribution in [0.1, 0.15) is 41.1 Å². The molecule has 0 fully saturated rings. The third-order valence-corrected chi connectivity index (χ3v) is 4.45. The molecule has 0 saturated heterocycles. The van der Waals surface area contributed by atoms with Gasteiger partial charge in [-0.15, -0.1) is 0 Å². The van der Waals surface area contributed by atoms with Gasteiger partial charge in [0.05, 0.1) is 12.6 Å². The van der Waals surface area contributed by atoms with Gasteiger partial charge in [-0.3, -0.25) is 0 Å². The first-order valence-electron chi connectivity index (χ1n) is 7.97. The Labute approximate surface area is 136 Å². The number of aromatic nitrogens is 1. The molecule has 0 aliphatic heterocycles. The molecule has 1 heterocycles. The molecule has 0 spiro atoms. The van der Waals surface area contributed by atoms with E-state index in [1.165, 1.54) is 16.7 Å². The molecule has 0 bridgehead atoms. The SMILES string of the molecule is Cc1ccc2c(c1)[C@@H](NC(=O)N(C)Cc1cc(C)on1)[C@@H](C)C2. The molecule has 1 N–H and O–H groups in total. The highest BCUT2D eigenvalue weighted by Gasteiger charge is 2.31. The number of carbonyl (C=O) groups is 1. The lowest BCUT2D eigenvalue weighted by Crippen LogP contribution is -2.40.